The Morgan fingerprint density at radius 2 is 2.09 bits per heavy atom. The molecule has 6 nitrogen and oxygen atoms in total. The van der Waals surface area contributed by atoms with Crippen LogP contribution in [0.2, 0.25) is 0 Å². The Morgan fingerprint density at radius 3 is 2.77 bits per heavy atom. The minimum atomic E-state index is -0.454. The largest absolute Gasteiger partial charge is 0.347 e. The van der Waals surface area contributed by atoms with Crippen LogP contribution in [0, 0.1) is 0 Å². The van der Waals surface area contributed by atoms with Gasteiger partial charge in [0.2, 0.25) is 0 Å². The third-order valence-corrected chi connectivity index (χ3v) is 5.11. The van der Waals surface area contributed by atoms with Crippen LogP contribution in [0.3, 0.4) is 0 Å². The highest BCUT2D eigenvalue weighted by Crippen LogP contribution is 2.32. The number of ether oxygens (including phenoxy) is 2. The van der Waals surface area contributed by atoms with E-state index >= 15 is 0 Å². The lowest BCUT2D eigenvalue weighted by Crippen LogP contribution is -2.47. The molecule has 0 aromatic carbocycles. The van der Waals surface area contributed by atoms with Gasteiger partial charge in [0, 0.05) is 25.9 Å². The monoisotopic (exact) mass is 319 g/mol. The van der Waals surface area contributed by atoms with E-state index in [2.05, 4.69) is 10.2 Å². The standard InChI is InChI=1S/C15H17N3O3S/c19-14(12-10-11(16-17-12)13-2-1-9-22-13)18-5-3-15(4-6-18)20-7-8-21-15/h1-2,9-10H,3-8H2,(H,16,17). The number of hydrogen-bond donors (Lipinski definition) is 1. The molecule has 2 fully saturated rings. The number of nitrogens with one attached hydrogen (secondary N) is 1. The first-order chi connectivity index (χ1) is 10.8. The first-order valence-electron chi connectivity index (χ1n) is 7.42. The second kappa shape index (κ2) is 5.49. The first kappa shape index (κ1) is 13.9. The maximum absolute atomic E-state index is 12.6. The van der Waals surface area contributed by atoms with E-state index in [0.717, 1.165) is 23.4 Å². The summed E-state index contributed by atoms with van der Waals surface area (Å²) in [4.78, 5) is 15.5. The van der Waals surface area contributed by atoms with Crippen molar-refractivity contribution >= 4 is 17.2 Å². The summed E-state index contributed by atoms with van der Waals surface area (Å²) >= 11 is 1.62. The van der Waals surface area contributed by atoms with Crippen LogP contribution in [0.25, 0.3) is 10.6 Å². The van der Waals surface area contributed by atoms with Crippen LogP contribution < -0.4 is 0 Å². The summed E-state index contributed by atoms with van der Waals surface area (Å²) in [6.07, 6.45) is 1.45. The molecular weight excluding hydrogens is 302 g/mol. The van der Waals surface area contributed by atoms with Crippen molar-refractivity contribution < 1.29 is 14.3 Å². The lowest BCUT2D eigenvalue weighted by Gasteiger charge is -2.37. The van der Waals surface area contributed by atoms with Gasteiger partial charge in [0.05, 0.1) is 23.8 Å². The van der Waals surface area contributed by atoms with Crippen molar-refractivity contribution in [3.05, 3.63) is 29.3 Å². The van der Waals surface area contributed by atoms with Gasteiger partial charge in [-0.05, 0) is 17.5 Å². The highest BCUT2D eigenvalue weighted by molar-refractivity contribution is 7.13. The van der Waals surface area contributed by atoms with Gasteiger partial charge in [-0.2, -0.15) is 5.10 Å². The quantitative estimate of drug-likeness (QED) is 0.920. The smallest absolute Gasteiger partial charge is 0.274 e. The van der Waals surface area contributed by atoms with Crippen molar-refractivity contribution in [3.63, 3.8) is 0 Å². The van der Waals surface area contributed by atoms with Gasteiger partial charge in [-0.15, -0.1) is 11.3 Å². The van der Waals surface area contributed by atoms with Crippen LogP contribution >= 0.6 is 11.3 Å². The maximum Gasteiger partial charge on any atom is 0.274 e. The SMILES string of the molecule is O=C(c1cc(-c2cccs2)[nH]n1)N1CCC2(CC1)OCCO2. The van der Waals surface area contributed by atoms with Gasteiger partial charge in [-0.3, -0.25) is 9.89 Å². The molecule has 4 heterocycles. The number of carbonyl (C=O) groups is 1. The molecule has 0 unspecified atom stereocenters. The molecule has 0 aliphatic carbocycles. The Morgan fingerprint density at radius 1 is 1.32 bits per heavy atom. The molecule has 0 atom stereocenters. The van der Waals surface area contributed by atoms with Crippen LogP contribution in [-0.4, -0.2) is 53.1 Å². The third-order valence-electron chi connectivity index (χ3n) is 4.21. The minimum absolute atomic E-state index is 0.0353. The zero-order valence-corrected chi connectivity index (χ0v) is 12.9. The number of nitrogens with zero attached hydrogens (tertiary/aromatic N) is 2. The Hall–Kier alpha value is -1.70. The number of thiophene rings is 1. The average Bonchev–Trinajstić information content (AvgIpc) is 3.29. The van der Waals surface area contributed by atoms with Crippen molar-refractivity contribution in [1.29, 1.82) is 0 Å². The van der Waals surface area contributed by atoms with E-state index in [0.29, 0.717) is 32.0 Å². The van der Waals surface area contributed by atoms with E-state index < -0.39 is 5.79 Å². The van der Waals surface area contributed by atoms with Gasteiger partial charge in [-0.25, -0.2) is 0 Å². The second-order valence-corrected chi connectivity index (χ2v) is 6.49. The van der Waals surface area contributed by atoms with Crippen molar-refractivity contribution in [3.8, 4) is 10.6 Å². The van der Waals surface area contributed by atoms with E-state index in [9.17, 15) is 4.79 Å². The van der Waals surface area contributed by atoms with Crippen LogP contribution in [0.5, 0.6) is 0 Å². The predicted molar refractivity (Wildman–Crippen MR) is 81.7 cm³/mol. The van der Waals surface area contributed by atoms with Crippen molar-refractivity contribution in [2.45, 2.75) is 18.6 Å². The first-order valence-corrected chi connectivity index (χ1v) is 8.30. The molecule has 1 N–H and O–H groups in total. The van der Waals surface area contributed by atoms with Crippen LogP contribution in [0.1, 0.15) is 23.3 Å². The van der Waals surface area contributed by atoms with Crippen LogP contribution in [0.4, 0.5) is 0 Å². The Kier molecular flexibility index (Phi) is 3.48. The molecule has 2 aliphatic heterocycles. The highest BCUT2D eigenvalue weighted by atomic mass is 32.1. The van der Waals surface area contributed by atoms with Gasteiger partial charge < -0.3 is 14.4 Å². The van der Waals surface area contributed by atoms with Gasteiger partial charge in [0.25, 0.3) is 5.91 Å². The Labute approximate surface area is 132 Å². The molecule has 1 spiro atoms. The van der Waals surface area contributed by atoms with Crippen molar-refractivity contribution in [2.75, 3.05) is 26.3 Å². The molecular formula is C15H17N3O3S. The summed E-state index contributed by atoms with van der Waals surface area (Å²) in [5.41, 5.74) is 1.35. The minimum Gasteiger partial charge on any atom is -0.347 e. The Bertz CT molecular complexity index is 651. The van der Waals surface area contributed by atoms with E-state index in [1.54, 1.807) is 11.3 Å². The van der Waals surface area contributed by atoms with Crippen LogP contribution in [-0.2, 0) is 9.47 Å². The molecule has 2 aromatic rings. The molecule has 22 heavy (non-hydrogen) atoms. The molecule has 7 heteroatoms. The zero-order valence-electron chi connectivity index (χ0n) is 12.1. The maximum atomic E-state index is 12.6. The van der Waals surface area contributed by atoms with Gasteiger partial charge in [-0.1, -0.05) is 6.07 Å². The number of piperidine rings is 1. The van der Waals surface area contributed by atoms with E-state index in [-0.39, 0.29) is 5.91 Å². The molecule has 2 aliphatic rings. The normalized spacial score (nSPS) is 20.6. The fourth-order valence-corrected chi connectivity index (χ4v) is 3.68. The summed E-state index contributed by atoms with van der Waals surface area (Å²) in [5, 5.41) is 9.11. The van der Waals surface area contributed by atoms with Gasteiger partial charge in [0.15, 0.2) is 11.5 Å². The third kappa shape index (κ3) is 2.45. The molecule has 0 saturated carbocycles. The molecule has 4 rings (SSSR count). The number of H-pyrrole nitrogens is 1. The number of carbonyl (C=O) groups excluding carboxylic acids is 1. The topological polar surface area (TPSA) is 67.5 Å². The van der Waals surface area contributed by atoms with Gasteiger partial charge in [0.1, 0.15) is 0 Å². The molecule has 0 radical (unpaired) electrons. The van der Waals surface area contributed by atoms with E-state index in [1.165, 1.54) is 0 Å². The molecule has 2 saturated heterocycles. The summed E-state index contributed by atoms with van der Waals surface area (Å²) in [5.74, 6) is -0.489. The predicted octanol–water partition coefficient (Wildman–Crippen LogP) is 2.12. The average molecular weight is 319 g/mol. The second-order valence-electron chi connectivity index (χ2n) is 5.54. The lowest BCUT2D eigenvalue weighted by atomic mass is 10.0. The summed E-state index contributed by atoms with van der Waals surface area (Å²) in [6.45, 7) is 2.58. The highest BCUT2D eigenvalue weighted by Gasteiger charge is 2.41. The lowest BCUT2D eigenvalue weighted by molar-refractivity contribution is -0.181. The molecule has 116 valence electrons. The number of amides is 1. The van der Waals surface area contributed by atoms with E-state index in [1.807, 2.05) is 28.5 Å². The summed E-state index contributed by atoms with van der Waals surface area (Å²) in [6, 6.07) is 5.81. The van der Waals surface area contributed by atoms with E-state index in [4.69, 9.17) is 9.47 Å². The Balaban J connectivity index is 1.44. The number of hydrogen-bond acceptors (Lipinski definition) is 5. The summed E-state index contributed by atoms with van der Waals surface area (Å²) < 4.78 is 11.4. The number of rotatable bonds is 2. The number of aromatic nitrogens is 2. The van der Waals surface area contributed by atoms with Crippen LogP contribution in [0.15, 0.2) is 23.6 Å². The number of likely N-dealkylation sites (tertiary alicyclic amines) is 1. The fourth-order valence-electron chi connectivity index (χ4n) is 2.99. The summed E-state index contributed by atoms with van der Waals surface area (Å²) in [7, 11) is 0. The number of aromatic amines is 1. The molecule has 1 amide bonds. The van der Waals surface area contributed by atoms with Gasteiger partial charge >= 0.3 is 0 Å². The molecule has 2 aromatic heterocycles. The zero-order chi connectivity index (χ0) is 15.0. The fraction of sp³-hybridized carbons (Fsp3) is 0.467. The molecule has 0 bridgehead atoms. The van der Waals surface area contributed by atoms with Crippen molar-refractivity contribution in [2.24, 2.45) is 0 Å². The van der Waals surface area contributed by atoms with Crippen molar-refractivity contribution in [1.82, 2.24) is 15.1 Å².